The molecule has 2 heterocycles. The van der Waals surface area contributed by atoms with Gasteiger partial charge in [0.25, 0.3) is 0 Å². The number of rotatable bonds is 12. The Balaban J connectivity index is 1.28. The summed E-state index contributed by atoms with van der Waals surface area (Å²) in [5, 5.41) is 0. The van der Waals surface area contributed by atoms with Crippen molar-refractivity contribution in [2.24, 2.45) is 17.8 Å². The van der Waals surface area contributed by atoms with Crippen LogP contribution in [-0.2, 0) is 46.5 Å². The topological polar surface area (TPSA) is 114 Å². The van der Waals surface area contributed by atoms with E-state index in [9.17, 15) is 19.2 Å². The summed E-state index contributed by atoms with van der Waals surface area (Å²) >= 11 is 0. The number of esters is 4. The lowest BCUT2D eigenvalue weighted by molar-refractivity contribution is -0.167. The van der Waals surface area contributed by atoms with Crippen LogP contribution < -0.4 is 0 Å². The van der Waals surface area contributed by atoms with Crippen LogP contribution in [0.25, 0.3) is 0 Å². The third kappa shape index (κ3) is 7.16. The van der Waals surface area contributed by atoms with Crippen LogP contribution in [-0.4, -0.2) is 48.8 Å². The van der Waals surface area contributed by atoms with E-state index in [-0.39, 0.29) is 32.8 Å². The maximum Gasteiger partial charge on any atom is 0.338 e. The highest BCUT2D eigenvalue weighted by Crippen LogP contribution is 2.55. The molecule has 0 aromatic heterocycles. The van der Waals surface area contributed by atoms with E-state index in [1.807, 2.05) is 66.7 Å². The van der Waals surface area contributed by atoms with Crippen LogP contribution in [0, 0.1) is 24.7 Å². The Labute approximate surface area is 278 Å². The van der Waals surface area contributed by atoms with Gasteiger partial charge in [-0.1, -0.05) is 97.1 Å². The van der Waals surface area contributed by atoms with E-state index in [0.717, 1.165) is 16.7 Å². The van der Waals surface area contributed by atoms with Crippen LogP contribution in [0.3, 0.4) is 0 Å². The Bertz CT molecular complexity index is 1740. The van der Waals surface area contributed by atoms with E-state index >= 15 is 0 Å². The molecular formula is C39H36O9. The van der Waals surface area contributed by atoms with Crippen molar-refractivity contribution in [3.8, 4) is 0 Å². The second kappa shape index (κ2) is 14.6. The van der Waals surface area contributed by atoms with Gasteiger partial charge in [-0.15, -0.1) is 0 Å². The van der Waals surface area contributed by atoms with Gasteiger partial charge >= 0.3 is 23.9 Å². The maximum atomic E-state index is 14.0. The van der Waals surface area contributed by atoms with Gasteiger partial charge in [0.1, 0.15) is 31.3 Å². The van der Waals surface area contributed by atoms with Crippen molar-refractivity contribution in [3.05, 3.63) is 143 Å². The van der Waals surface area contributed by atoms with Gasteiger partial charge in [0.2, 0.25) is 0 Å². The summed E-state index contributed by atoms with van der Waals surface area (Å²) in [4.78, 5) is 54.0. The summed E-state index contributed by atoms with van der Waals surface area (Å²) in [5.74, 6) is -5.20. The number of hydrogen-bond acceptors (Lipinski definition) is 9. The monoisotopic (exact) mass is 648 g/mol. The van der Waals surface area contributed by atoms with E-state index in [4.69, 9.17) is 23.7 Å². The van der Waals surface area contributed by atoms with Crippen LogP contribution in [0.15, 0.2) is 115 Å². The molecule has 4 aromatic carbocycles. The summed E-state index contributed by atoms with van der Waals surface area (Å²) < 4.78 is 29.6. The summed E-state index contributed by atoms with van der Waals surface area (Å²) in [7, 11) is 0. The largest absolute Gasteiger partial charge is 0.462 e. The molecule has 2 fully saturated rings. The van der Waals surface area contributed by atoms with Crippen LogP contribution in [0.4, 0.5) is 0 Å². The molecule has 48 heavy (non-hydrogen) atoms. The minimum Gasteiger partial charge on any atom is -0.462 e. The molecule has 5 atom stereocenters. The fourth-order valence-corrected chi connectivity index (χ4v) is 6.58. The molecule has 6 rings (SSSR count). The summed E-state index contributed by atoms with van der Waals surface area (Å²) in [6, 6.07) is 33.9. The van der Waals surface area contributed by atoms with Crippen molar-refractivity contribution in [1.29, 1.82) is 0 Å². The van der Waals surface area contributed by atoms with E-state index in [0.29, 0.717) is 11.1 Å². The molecule has 2 saturated heterocycles. The van der Waals surface area contributed by atoms with Crippen LogP contribution in [0.1, 0.15) is 43.8 Å². The van der Waals surface area contributed by atoms with Crippen LogP contribution in [0.2, 0.25) is 0 Å². The molecule has 2 aliphatic rings. The molecule has 0 radical (unpaired) electrons. The van der Waals surface area contributed by atoms with Crippen molar-refractivity contribution in [2.75, 3.05) is 13.2 Å². The van der Waals surface area contributed by atoms with Gasteiger partial charge in [0.15, 0.2) is 0 Å². The average Bonchev–Trinajstić information content (AvgIpc) is 3.66. The van der Waals surface area contributed by atoms with Crippen molar-refractivity contribution < 1.29 is 42.9 Å². The second-order valence-electron chi connectivity index (χ2n) is 12.2. The molecule has 9 nitrogen and oxygen atoms in total. The highest BCUT2D eigenvalue weighted by Gasteiger charge is 2.69. The van der Waals surface area contributed by atoms with Crippen molar-refractivity contribution in [3.63, 3.8) is 0 Å². The van der Waals surface area contributed by atoms with Crippen molar-refractivity contribution in [1.82, 2.24) is 0 Å². The van der Waals surface area contributed by atoms with E-state index < -0.39 is 53.3 Å². The quantitative estimate of drug-likeness (QED) is 0.137. The first-order valence-corrected chi connectivity index (χ1v) is 15.9. The van der Waals surface area contributed by atoms with E-state index in [2.05, 4.69) is 0 Å². The Kier molecular flexibility index (Phi) is 9.96. The van der Waals surface area contributed by atoms with E-state index in [1.54, 1.807) is 55.5 Å². The SMILES string of the molecule is Cc1ccccc1C(=O)OC[C@@]12C[C@H](COC(=O)c3ccccc3)[C@@H](O1)[C@@H](C(=O)OCc1ccccc1)[C@H]2C(=O)OCc1ccccc1. The van der Waals surface area contributed by atoms with Gasteiger partial charge in [0, 0.05) is 5.92 Å². The average molecular weight is 649 g/mol. The lowest BCUT2D eigenvalue weighted by atomic mass is 9.67. The molecule has 9 heteroatoms. The number of carbonyl (C=O) groups is 4. The molecule has 4 aromatic rings. The Morgan fingerprint density at radius 2 is 1.23 bits per heavy atom. The van der Waals surface area contributed by atoms with Crippen molar-refractivity contribution >= 4 is 23.9 Å². The van der Waals surface area contributed by atoms with Gasteiger partial charge in [-0.3, -0.25) is 9.59 Å². The molecule has 0 saturated carbocycles. The third-order valence-electron chi connectivity index (χ3n) is 8.95. The van der Waals surface area contributed by atoms with Gasteiger partial charge in [-0.2, -0.15) is 0 Å². The molecule has 2 bridgehead atoms. The summed E-state index contributed by atoms with van der Waals surface area (Å²) in [6.45, 7) is 1.35. The number of hydrogen-bond donors (Lipinski definition) is 0. The van der Waals surface area contributed by atoms with Gasteiger partial charge < -0.3 is 23.7 Å². The van der Waals surface area contributed by atoms with Gasteiger partial charge in [0.05, 0.1) is 29.8 Å². The third-order valence-corrected chi connectivity index (χ3v) is 8.95. The zero-order valence-electron chi connectivity index (χ0n) is 26.5. The Hall–Kier alpha value is -5.28. The summed E-state index contributed by atoms with van der Waals surface area (Å²) in [5.41, 5.74) is 1.58. The number of benzene rings is 4. The maximum absolute atomic E-state index is 14.0. The molecule has 0 spiro atoms. The molecule has 0 unspecified atom stereocenters. The fraction of sp³-hybridized carbons (Fsp3) is 0.282. The number of ether oxygens (including phenoxy) is 5. The number of aryl methyl sites for hydroxylation is 1. The van der Waals surface area contributed by atoms with E-state index in [1.165, 1.54) is 0 Å². The highest BCUT2D eigenvalue weighted by molar-refractivity contribution is 5.91. The summed E-state index contributed by atoms with van der Waals surface area (Å²) in [6.07, 6.45) is -0.697. The molecule has 0 N–H and O–H groups in total. The normalized spacial score (nSPS) is 22.4. The first-order valence-electron chi connectivity index (χ1n) is 15.9. The first kappa shape index (κ1) is 32.7. The predicted molar refractivity (Wildman–Crippen MR) is 173 cm³/mol. The van der Waals surface area contributed by atoms with Crippen molar-refractivity contribution in [2.45, 2.75) is 38.3 Å². The molecular weight excluding hydrogens is 612 g/mol. The smallest absolute Gasteiger partial charge is 0.338 e. The first-order chi connectivity index (χ1) is 23.3. The molecule has 246 valence electrons. The molecule has 0 amide bonds. The predicted octanol–water partition coefficient (Wildman–Crippen LogP) is 5.89. The van der Waals surface area contributed by atoms with Gasteiger partial charge in [-0.05, 0) is 48.2 Å². The van der Waals surface area contributed by atoms with Gasteiger partial charge in [-0.25, -0.2) is 9.59 Å². The molecule has 0 aliphatic carbocycles. The zero-order chi connectivity index (χ0) is 33.5. The minimum atomic E-state index is -1.43. The van der Waals surface area contributed by atoms with Crippen LogP contribution >= 0.6 is 0 Å². The fourth-order valence-electron chi connectivity index (χ4n) is 6.58. The lowest BCUT2D eigenvalue weighted by Crippen LogP contribution is -2.52. The minimum absolute atomic E-state index is 0.0163. The highest BCUT2D eigenvalue weighted by atomic mass is 16.6. The Morgan fingerprint density at radius 1 is 0.667 bits per heavy atom. The number of carbonyl (C=O) groups excluding carboxylic acids is 4. The Morgan fingerprint density at radius 3 is 1.85 bits per heavy atom. The standard InChI is InChI=1S/C39H36O9/c1-26-13-11-12-20-31(26)36(41)47-25-39-21-30(24-46-35(40)29-18-9-4-10-19-29)34(48-39)32(37(42)44-22-27-14-5-2-6-15-27)33(39)38(43)45-23-28-16-7-3-8-17-28/h2-20,30,32-34H,21-25H2,1H3/t30-,32+,33+,34-,39-/m1/s1. The lowest BCUT2D eigenvalue weighted by Gasteiger charge is -2.36. The molecule has 2 aliphatic heterocycles. The second-order valence-corrected chi connectivity index (χ2v) is 12.2. The zero-order valence-corrected chi connectivity index (χ0v) is 26.5. The van der Waals surface area contributed by atoms with Crippen LogP contribution in [0.5, 0.6) is 0 Å². The number of fused-ring (bicyclic) bond motifs is 2.